The molecular weight excluding hydrogens is 276 g/mol. The van der Waals surface area contributed by atoms with Crippen LogP contribution in [0.3, 0.4) is 0 Å². The minimum absolute atomic E-state index is 0.0486. The molecule has 0 saturated carbocycles. The smallest absolute Gasteiger partial charge is 0.226 e. The lowest BCUT2D eigenvalue weighted by atomic mass is 10.2. The maximum atomic E-state index is 11.7. The Bertz CT molecular complexity index is 522. The molecule has 0 bridgehead atoms. The van der Waals surface area contributed by atoms with E-state index in [1.54, 1.807) is 11.3 Å². The third-order valence-electron chi connectivity index (χ3n) is 2.66. The molecule has 1 N–H and O–H groups in total. The van der Waals surface area contributed by atoms with Gasteiger partial charge >= 0.3 is 0 Å². The molecular formula is C14H18N2O3S. The summed E-state index contributed by atoms with van der Waals surface area (Å²) in [5, 5.41) is 8.73. The second-order valence-electron chi connectivity index (χ2n) is 4.24. The van der Waals surface area contributed by atoms with Crippen molar-refractivity contribution in [3.63, 3.8) is 0 Å². The molecule has 0 unspecified atom stereocenters. The van der Waals surface area contributed by atoms with Crippen LogP contribution in [0.1, 0.15) is 19.0 Å². The lowest BCUT2D eigenvalue weighted by molar-refractivity contribution is -0.120. The summed E-state index contributed by atoms with van der Waals surface area (Å²) in [7, 11) is 0. The van der Waals surface area contributed by atoms with E-state index in [-0.39, 0.29) is 12.3 Å². The summed E-state index contributed by atoms with van der Waals surface area (Å²) in [6, 6.07) is 5.72. The molecule has 2 heterocycles. The number of carbonyl (C=O) groups excluding carboxylic acids is 1. The maximum Gasteiger partial charge on any atom is 0.226 e. The van der Waals surface area contributed by atoms with Crippen molar-refractivity contribution in [2.45, 2.75) is 19.8 Å². The fourth-order valence-electron chi connectivity index (χ4n) is 1.70. The molecule has 0 radical (unpaired) electrons. The number of rotatable bonds is 8. The van der Waals surface area contributed by atoms with E-state index in [1.165, 1.54) is 0 Å². The van der Waals surface area contributed by atoms with Crippen molar-refractivity contribution in [3.05, 3.63) is 29.3 Å². The number of aromatic nitrogens is 1. The largest absolute Gasteiger partial charge is 0.382 e. The molecule has 0 aliphatic heterocycles. The van der Waals surface area contributed by atoms with Crippen LogP contribution in [-0.4, -0.2) is 30.8 Å². The standard InChI is InChI=1S/C14H18N2O3S/c1-2-18-7-4-6-15-14(17)10-11-9-12(19-16-11)13-5-3-8-20-13/h3,5,8-9H,2,4,6-7,10H2,1H3,(H,15,17). The molecule has 108 valence electrons. The summed E-state index contributed by atoms with van der Waals surface area (Å²) < 4.78 is 10.4. The lowest BCUT2D eigenvalue weighted by Crippen LogP contribution is -2.26. The Kier molecular flexibility index (Phi) is 5.76. The fraction of sp³-hybridized carbons (Fsp3) is 0.429. The molecule has 5 nitrogen and oxygen atoms in total. The quantitative estimate of drug-likeness (QED) is 0.760. The molecule has 2 rings (SSSR count). The molecule has 6 heteroatoms. The zero-order valence-electron chi connectivity index (χ0n) is 11.4. The predicted molar refractivity (Wildman–Crippen MR) is 77.6 cm³/mol. The maximum absolute atomic E-state index is 11.7. The van der Waals surface area contributed by atoms with E-state index < -0.39 is 0 Å². The molecule has 0 atom stereocenters. The van der Waals surface area contributed by atoms with Crippen molar-refractivity contribution in [1.82, 2.24) is 10.5 Å². The van der Waals surface area contributed by atoms with Crippen LogP contribution in [0.15, 0.2) is 28.1 Å². The highest BCUT2D eigenvalue weighted by molar-refractivity contribution is 7.13. The van der Waals surface area contributed by atoms with Gasteiger partial charge < -0.3 is 14.6 Å². The van der Waals surface area contributed by atoms with E-state index in [2.05, 4.69) is 10.5 Å². The van der Waals surface area contributed by atoms with Crippen molar-refractivity contribution in [2.24, 2.45) is 0 Å². The van der Waals surface area contributed by atoms with Crippen molar-refractivity contribution in [1.29, 1.82) is 0 Å². The van der Waals surface area contributed by atoms with Gasteiger partial charge in [0.05, 0.1) is 17.0 Å². The van der Waals surface area contributed by atoms with Gasteiger partial charge in [0.1, 0.15) is 0 Å². The zero-order chi connectivity index (χ0) is 14.2. The van der Waals surface area contributed by atoms with E-state index in [0.29, 0.717) is 31.2 Å². The number of hydrogen-bond donors (Lipinski definition) is 1. The first kappa shape index (κ1) is 14.7. The first-order chi connectivity index (χ1) is 9.79. The van der Waals surface area contributed by atoms with Crippen molar-refractivity contribution >= 4 is 17.2 Å². The molecule has 0 aromatic carbocycles. The Labute approximate surface area is 121 Å². The van der Waals surface area contributed by atoms with E-state index in [4.69, 9.17) is 9.26 Å². The van der Waals surface area contributed by atoms with Crippen LogP contribution in [0.5, 0.6) is 0 Å². The first-order valence-corrected chi connectivity index (χ1v) is 7.51. The van der Waals surface area contributed by atoms with Gasteiger partial charge in [-0.3, -0.25) is 4.79 Å². The number of thiophene rings is 1. The minimum Gasteiger partial charge on any atom is -0.382 e. The molecule has 0 spiro atoms. The third-order valence-corrected chi connectivity index (χ3v) is 3.54. The number of carbonyl (C=O) groups is 1. The number of ether oxygens (including phenoxy) is 1. The molecule has 0 fully saturated rings. The Morgan fingerprint density at radius 1 is 1.55 bits per heavy atom. The second kappa shape index (κ2) is 7.81. The van der Waals surface area contributed by atoms with Crippen LogP contribution in [-0.2, 0) is 16.0 Å². The Hall–Kier alpha value is -1.66. The van der Waals surface area contributed by atoms with E-state index in [0.717, 1.165) is 11.3 Å². The van der Waals surface area contributed by atoms with Crippen molar-refractivity contribution in [3.8, 4) is 10.6 Å². The average molecular weight is 294 g/mol. The SMILES string of the molecule is CCOCCCNC(=O)Cc1cc(-c2cccs2)on1. The first-order valence-electron chi connectivity index (χ1n) is 6.63. The van der Waals surface area contributed by atoms with Gasteiger partial charge in [0.2, 0.25) is 5.91 Å². The van der Waals surface area contributed by atoms with Crippen molar-refractivity contribution in [2.75, 3.05) is 19.8 Å². The summed E-state index contributed by atoms with van der Waals surface area (Å²) >= 11 is 1.58. The van der Waals surface area contributed by atoms with Crippen LogP contribution in [0.4, 0.5) is 0 Å². The number of nitrogens with zero attached hydrogens (tertiary/aromatic N) is 1. The van der Waals surface area contributed by atoms with Gasteiger partial charge in [0.25, 0.3) is 0 Å². The summed E-state index contributed by atoms with van der Waals surface area (Å²) in [6.07, 6.45) is 1.06. The minimum atomic E-state index is -0.0486. The summed E-state index contributed by atoms with van der Waals surface area (Å²) in [5.74, 6) is 0.659. The summed E-state index contributed by atoms with van der Waals surface area (Å²) in [6.45, 7) is 3.95. The van der Waals surface area contributed by atoms with Gasteiger partial charge in [0.15, 0.2) is 5.76 Å². The summed E-state index contributed by atoms with van der Waals surface area (Å²) in [5.41, 5.74) is 0.649. The second-order valence-corrected chi connectivity index (χ2v) is 5.18. The van der Waals surface area contributed by atoms with Crippen LogP contribution in [0, 0.1) is 0 Å². The van der Waals surface area contributed by atoms with Gasteiger partial charge in [-0.2, -0.15) is 0 Å². The highest BCUT2D eigenvalue weighted by atomic mass is 32.1. The van der Waals surface area contributed by atoms with Gasteiger partial charge in [-0.25, -0.2) is 0 Å². The monoisotopic (exact) mass is 294 g/mol. The highest BCUT2D eigenvalue weighted by Gasteiger charge is 2.10. The van der Waals surface area contributed by atoms with E-state index in [1.807, 2.05) is 30.5 Å². The Morgan fingerprint density at radius 3 is 3.20 bits per heavy atom. The molecule has 0 saturated heterocycles. The number of hydrogen-bond acceptors (Lipinski definition) is 5. The highest BCUT2D eigenvalue weighted by Crippen LogP contribution is 2.25. The van der Waals surface area contributed by atoms with Crippen molar-refractivity contribution < 1.29 is 14.1 Å². The van der Waals surface area contributed by atoms with E-state index in [9.17, 15) is 4.79 Å². The van der Waals surface area contributed by atoms with Gasteiger partial charge in [-0.15, -0.1) is 11.3 Å². The van der Waals surface area contributed by atoms with Crippen LogP contribution >= 0.6 is 11.3 Å². The lowest BCUT2D eigenvalue weighted by Gasteiger charge is -2.03. The van der Waals surface area contributed by atoms with Gasteiger partial charge in [-0.1, -0.05) is 11.2 Å². The summed E-state index contributed by atoms with van der Waals surface area (Å²) in [4.78, 5) is 12.7. The molecule has 0 aliphatic rings. The molecule has 2 aromatic heterocycles. The zero-order valence-corrected chi connectivity index (χ0v) is 12.2. The molecule has 1 amide bonds. The number of nitrogens with one attached hydrogen (secondary N) is 1. The van der Waals surface area contributed by atoms with E-state index >= 15 is 0 Å². The van der Waals surface area contributed by atoms with Gasteiger partial charge in [-0.05, 0) is 24.8 Å². The third kappa shape index (κ3) is 4.47. The average Bonchev–Trinajstić information content (AvgIpc) is 3.08. The van der Waals surface area contributed by atoms with Crippen LogP contribution in [0.2, 0.25) is 0 Å². The number of amides is 1. The molecule has 2 aromatic rings. The van der Waals surface area contributed by atoms with Crippen LogP contribution in [0.25, 0.3) is 10.6 Å². The Morgan fingerprint density at radius 2 is 2.45 bits per heavy atom. The normalized spacial score (nSPS) is 10.7. The molecule has 0 aliphatic carbocycles. The Balaban J connectivity index is 1.74. The van der Waals surface area contributed by atoms with Crippen LogP contribution < -0.4 is 5.32 Å². The predicted octanol–water partition coefficient (Wildman–Crippen LogP) is 2.49. The fourth-order valence-corrected chi connectivity index (χ4v) is 2.38. The van der Waals surface area contributed by atoms with Gasteiger partial charge in [0, 0.05) is 25.8 Å². The topological polar surface area (TPSA) is 64.4 Å². The molecule has 20 heavy (non-hydrogen) atoms.